The van der Waals surface area contributed by atoms with Crippen LogP contribution in [0.2, 0.25) is 0 Å². The van der Waals surface area contributed by atoms with E-state index in [2.05, 4.69) is 15.6 Å². The predicted molar refractivity (Wildman–Crippen MR) is 99.8 cm³/mol. The first kappa shape index (κ1) is 20.7. The molecule has 27 heavy (non-hydrogen) atoms. The van der Waals surface area contributed by atoms with E-state index in [0.29, 0.717) is 18.1 Å². The fourth-order valence-corrected chi connectivity index (χ4v) is 2.82. The number of aryl methyl sites for hydroxylation is 1. The van der Waals surface area contributed by atoms with Crippen LogP contribution >= 0.6 is 0 Å². The van der Waals surface area contributed by atoms with E-state index >= 15 is 0 Å². The topological polar surface area (TPSA) is 84.1 Å². The summed E-state index contributed by atoms with van der Waals surface area (Å²) in [6.45, 7) is 6.45. The van der Waals surface area contributed by atoms with Crippen molar-refractivity contribution in [2.45, 2.75) is 40.2 Å². The lowest BCUT2D eigenvalue weighted by atomic mass is 10.1. The first-order valence-corrected chi connectivity index (χ1v) is 8.92. The average Bonchev–Trinajstić information content (AvgIpc) is 2.63. The van der Waals surface area contributed by atoms with Gasteiger partial charge < -0.3 is 10.3 Å². The number of halogens is 2. The average molecular weight is 377 g/mol. The van der Waals surface area contributed by atoms with E-state index in [1.807, 2.05) is 20.8 Å². The van der Waals surface area contributed by atoms with Crippen molar-refractivity contribution in [3.63, 3.8) is 0 Å². The minimum Gasteiger partial charge on any atom is -0.332 e. The predicted octanol–water partition coefficient (Wildman–Crippen LogP) is 3.29. The lowest BCUT2D eigenvalue weighted by molar-refractivity contribution is 0.0714. The first-order chi connectivity index (χ1) is 12.8. The second kappa shape index (κ2) is 9.36. The zero-order chi connectivity index (χ0) is 20.0. The van der Waals surface area contributed by atoms with Crippen LogP contribution in [0.3, 0.4) is 0 Å². The highest BCUT2D eigenvalue weighted by Gasteiger charge is 2.23. The lowest BCUT2D eigenvalue weighted by Crippen LogP contribution is -2.35. The van der Waals surface area contributed by atoms with Crippen LogP contribution in [-0.4, -0.2) is 27.5 Å². The molecule has 2 aromatic rings. The number of hydrogen-bond donors (Lipinski definition) is 2. The van der Waals surface area contributed by atoms with Crippen LogP contribution in [0.5, 0.6) is 0 Å². The zero-order valence-corrected chi connectivity index (χ0v) is 15.8. The van der Waals surface area contributed by atoms with E-state index in [-0.39, 0.29) is 18.0 Å². The monoisotopic (exact) mass is 377 g/mol. The molecule has 1 amide bonds. The van der Waals surface area contributed by atoms with Crippen LogP contribution in [0.15, 0.2) is 24.3 Å². The van der Waals surface area contributed by atoms with Gasteiger partial charge in [0.1, 0.15) is 11.6 Å². The fraction of sp³-hybridized carbons (Fsp3) is 0.421. The Balaban J connectivity index is 2.37. The number of aromatic nitrogens is 2. The van der Waals surface area contributed by atoms with Gasteiger partial charge in [-0.05, 0) is 42.2 Å². The van der Waals surface area contributed by atoms with Gasteiger partial charge in [-0.25, -0.2) is 14.6 Å². The first-order valence-electron chi connectivity index (χ1n) is 8.92. The van der Waals surface area contributed by atoms with Gasteiger partial charge in [0.05, 0.1) is 17.8 Å². The Bertz CT molecular complexity index is 798. The van der Waals surface area contributed by atoms with Crippen LogP contribution in [0, 0.1) is 17.6 Å². The summed E-state index contributed by atoms with van der Waals surface area (Å²) in [4.78, 5) is 14.4. The zero-order valence-electron chi connectivity index (χ0n) is 15.8. The number of nitrogens with two attached hydrogens (primary N) is 1. The molecule has 0 aliphatic heterocycles. The van der Waals surface area contributed by atoms with Crippen LogP contribution in [0.25, 0.3) is 0 Å². The molecule has 0 saturated carbocycles. The summed E-state index contributed by atoms with van der Waals surface area (Å²) < 4.78 is 27.6. The van der Waals surface area contributed by atoms with Crippen molar-refractivity contribution in [1.82, 2.24) is 15.1 Å². The molecular weight excluding hydrogens is 352 g/mol. The highest BCUT2D eigenvalue weighted by molar-refractivity contribution is 5.94. The molecule has 0 unspecified atom stereocenters. The Hall–Kier alpha value is -2.61. The molecule has 0 aliphatic rings. The molecule has 0 saturated heterocycles. The van der Waals surface area contributed by atoms with E-state index in [0.717, 1.165) is 36.6 Å². The van der Waals surface area contributed by atoms with E-state index in [1.165, 1.54) is 4.90 Å². The second-order valence-electron chi connectivity index (χ2n) is 6.80. The molecule has 1 heterocycles. The molecule has 2 rings (SSSR count). The third-order valence-corrected chi connectivity index (χ3v) is 4.00. The number of nitrogen functional groups attached to an aromatic ring is 1. The molecule has 0 atom stereocenters. The van der Waals surface area contributed by atoms with Crippen molar-refractivity contribution >= 4 is 11.7 Å². The maximum Gasteiger partial charge on any atom is 0.257 e. The molecule has 6 nitrogen and oxygen atoms in total. The van der Waals surface area contributed by atoms with E-state index in [9.17, 15) is 13.6 Å². The number of carbonyl (C=O) groups is 1. The van der Waals surface area contributed by atoms with Gasteiger partial charge in [0.15, 0.2) is 5.82 Å². The SMILES string of the molecule is CCCc1cc(NN)nnc1CN(CC(C)C)C(=O)c1cc(F)ccc1F. The molecule has 146 valence electrons. The Labute approximate surface area is 157 Å². The number of hydrogen-bond acceptors (Lipinski definition) is 5. The minimum absolute atomic E-state index is 0.137. The second-order valence-corrected chi connectivity index (χ2v) is 6.80. The van der Waals surface area contributed by atoms with Gasteiger partial charge in [0.2, 0.25) is 0 Å². The highest BCUT2D eigenvalue weighted by atomic mass is 19.1. The molecule has 0 fully saturated rings. The Morgan fingerprint density at radius 3 is 2.63 bits per heavy atom. The number of anilines is 1. The number of hydrazine groups is 1. The van der Waals surface area contributed by atoms with E-state index < -0.39 is 17.5 Å². The van der Waals surface area contributed by atoms with Gasteiger partial charge in [0.25, 0.3) is 5.91 Å². The molecule has 1 aromatic heterocycles. The minimum atomic E-state index is -0.752. The summed E-state index contributed by atoms with van der Waals surface area (Å²) in [6, 6.07) is 4.65. The van der Waals surface area contributed by atoms with Crippen molar-refractivity contribution in [3.05, 3.63) is 52.7 Å². The summed E-state index contributed by atoms with van der Waals surface area (Å²) >= 11 is 0. The normalized spacial score (nSPS) is 10.9. The number of benzene rings is 1. The quantitative estimate of drug-likeness (QED) is 0.545. The largest absolute Gasteiger partial charge is 0.332 e. The maximum atomic E-state index is 14.1. The van der Waals surface area contributed by atoms with Gasteiger partial charge in [-0.1, -0.05) is 27.2 Å². The lowest BCUT2D eigenvalue weighted by Gasteiger charge is -2.25. The maximum absolute atomic E-state index is 14.1. The standard InChI is InChI=1S/C19H25F2N5O/c1-4-5-13-8-18(23-22)25-24-17(13)11-26(10-12(2)3)19(27)15-9-14(20)6-7-16(15)21/h6-9,12H,4-5,10-11,22H2,1-3H3,(H,23,25). The van der Waals surface area contributed by atoms with Crippen LogP contribution in [-0.2, 0) is 13.0 Å². The summed E-state index contributed by atoms with van der Waals surface area (Å²) in [5, 5.41) is 8.15. The molecule has 0 aliphatic carbocycles. The number of amides is 1. The Morgan fingerprint density at radius 1 is 1.26 bits per heavy atom. The van der Waals surface area contributed by atoms with Crippen molar-refractivity contribution in [1.29, 1.82) is 0 Å². The van der Waals surface area contributed by atoms with Crippen molar-refractivity contribution in [2.75, 3.05) is 12.0 Å². The van der Waals surface area contributed by atoms with Crippen LogP contribution < -0.4 is 11.3 Å². The number of nitrogens with one attached hydrogen (secondary N) is 1. The third kappa shape index (κ3) is 5.43. The summed E-state index contributed by atoms with van der Waals surface area (Å²) in [5.74, 6) is 3.97. The van der Waals surface area contributed by atoms with E-state index in [4.69, 9.17) is 5.84 Å². The summed E-state index contributed by atoms with van der Waals surface area (Å²) in [6.07, 6.45) is 1.61. The molecule has 3 N–H and O–H groups in total. The summed E-state index contributed by atoms with van der Waals surface area (Å²) in [7, 11) is 0. The van der Waals surface area contributed by atoms with Gasteiger partial charge in [-0.15, -0.1) is 5.10 Å². The summed E-state index contributed by atoms with van der Waals surface area (Å²) in [5.41, 5.74) is 3.68. The van der Waals surface area contributed by atoms with Crippen molar-refractivity contribution < 1.29 is 13.6 Å². The van der Waals surface area contributed by atoms with Crippen LogP contribution in [0.4, 0.5) is 14.6 Å². The molecule has 0 radical (unpaired) electrons. The van der Waals surface area contributed by atoms with E-state index in [1.54, 1.807) is 6.07 Å². The third-order valence-electron chi connectivity index (χ3n) is 4.00. The van der Waals surface area contributed by atoms with Gasteiger partial charge in [-0.3, -0.25) is 4.79 Å². The molecule has 1 aromatic carbocycles. The Morgan fingerprint density at radius 2 is 2.00 bits per heavy atom. The number of nitrogens with zero attached hydrogens (tertiary/aromatic N) is 3. The smallest absolute Gasteiger partial charge is 0.257 e. The van der Waals surface area contributed by atoms with Gasteiger partial charge >= 0.3 is 0 Å². The molecule has 0 spiro atoms. The number of rotatable bonds is 8. The number of carbonyl (C=O) groups excluding carboxylic acids is 1. The fourth-order valence-electron chi connectivity index (χ4n) is 2.82. The van der Waals surface area contributed by atoms with Gasteiger partial charge in [0, 0.05) is 6.54 Å². The molecule has 0 bridgehead atoms. The highest BCUT2D eigenvalue weighted by Crippen LogP contribution is 2.19. The molecular formula is C19H25F2N5O. The Kier molecular flexibility index (Phi) is 7.18. The van der Waals surface area contributed by atoms with Crippen molar-refractivity contribution in [3.8, 4) is 0 Å². The van der Waals surface area contributed by atoms with Crippen molar-refractivity contribution in [2.24, 2.45) is 11.8 Å². The van der Waals surface area contributed by atoms with Gasteiger partial charge in [-0.2, -0.15) is 5.10 Å². The van der Waals surface area contributed by atoms with Crippen LogP contribution in [0.1, 0.15) is 48.8 Å². The molecule has 8 heteroatoms.